The summed E-state index contributed by atoms with van der Waals surface area (Å²) < 4.78 is 14.7. The molecule has 0 bridgehead atoms. The van der Waals surface area contributed by atoms with E-state index in [9.17, 15) is 0 Å². The summed E-state index contributed by atoms with van der Waals surface area (Å²) >= 11 is 3.79. The monoisotopic (exact) mass is 950 g/mol. The summed E-state index contributed by atoms with van der Waals surface area (Å²) in [6.07, 6.45) is 0. The van der Waals surface area contributed by atoms with Gasteiger partial charge in [-0.05, 0) is 129 Å². The van der Waals surface area contributed by atoms with E-state index in [0.717, 1.165) is 55.9 Å². The largest absolute Gasteiger partial charge is 0.456 e. The van der Waals surface area contributed by atoms with E-state index in [1.807, 2.05) is 22.7 Å². The molecule has 4 nitrogen and oxygen atoms in total. The zero-order valence-electron chi connectivity index (χ0n) is 40.5. The summed E-state index contributed by atoms with van der Waals surface area (Å²) in [4.78, 5) is 2.32. The highest BCUT2D eigenvalue weighted by molar-refractivity contribution is 7.29. The Hall–Kier alpha value is -7.58. The van der Waals surface area contributed by atoms with Gasteiger partial charge in [-0.2, -0.15) is 0 Å². The summed E-state index contributed by atoms with van der Waals surface area (Å²) in [5.41, 5.74) is 16.9. The Morgan fingerprint density at radius 2 is 1.17 bits per heavy atom. The number of nitrogens with one attached hydrogen (secondary N) is 1. The van der Waals surface area contributed by atoms with E-state index >= 15 is 0 Å². The highest BCUT2D eigenvalue weighted by atomic mass is 32.1. The topological polar surface area (TPSA) is 33.3 Å². The van der Waals surface area contributed by atoms with Gasteiger partial charge in [-0.25, -0.2) is 0 Å². The van der Waals surface area contributed by atoms with Gasteiger partial charge in [0, 0.05) is 91.7 Å². The lowest BCUT2D eigenvalue weighted by Gasteiger charge is -2.25. The van der Waals surface area contributed by atoms with Crippen LogP contribution in [0.1, 0.15) is 52.7 Å². The van der Waals surface area contributed by atoms with E-state index in [2.05, 4.69) is 246 Å². The number of furan rings is 1. The molecule has 1 aliphatic heterocycles. The van der Waals surface area contributed by atoms with Gasteiger partial charge in [-0.3, -0.25) is 0 Å². The number of anilines is 5. The van der Waals surface area contributed by atoms with Gasteiger partial charge in [0.05, 0.1) is 16.9 Å². The molecule has 7 heteroatoms. The molecule has 71 heavy (non-hydrogen) atoms. The maximum absolute atomic E-state index is 6.84. The second kappa shape index (κ2) is 15.5. The van der Waals surface area contributed by atoms with E-state index in [0.29, 0.717) is 0 Å². The van der Waals surface area contributed by atoms with Crippen molar-refractivity contribution >= 4 is 143 Å². The fourth-order valence-corrected chi connectivity index (χ4v) is 13.3. The molecule has 1 radical (unpaired) electrons. The molecule has 0 saturated carbocycles. The molecule has 5 heterocycles. The van der Waals surface area contributed by atoms with Crippen molar-refractivity contribution in [1.82, 2.24) is 4.57 Å². The van der Waals surface area contributed by atoms with Gasteiger partial charge in [-0.1, -0.05) is 126 Å². The third kappa shape index (κ3) is 6.70. The van der Waals surface area contributed by atoms with Crippen molar-refractivity contribution in [3.05, 3.63) is 193 Å². The molecule has 0 fully saturated rings. The summed E-state index contributed by atoms with van der Waals surface area (Å²) in [7, 11) is 2.49. The molecule has 0 saturated heterocycles. The number of thiophene rings is 2. The second-order valence-corrected chi connectivity index (χ2v) is 23.4. The van der Waals surface area contributed by atoms with Gasteiger partial charge >= 0.3 is 0 Å². The average molecular weight is 951 g/mol. The van der Waals surface area contributed by atoms with Crippen molar-refractivity contribution in [2.24, 2.45) is 0 Å². The van der Waals surface area contributed by atoms with E-state index < -0.39 is 0 Å². The van der Waals surface area contributed by atoms with E-state index in [1.54, 1.807) is 0 Å². The first-order valence-corrected chi connectivity index (χ1v) is 26.2. The maximum Gasteiger partial charge on any atom is 0.211 e. The standard InChI is InChI=1S/C64H49BN3OS2/c1-63(2,3)37-21-24-39(25-22-37)66-52-35-55-49(48-32-42(26-29-54(48)69-55)67(40-15-9-7-10-16-40)41-17-11-8-12-18-41)33-46(52)44-27-28-45-47-34-50-43-19-13-14-20-56(43)70-58(50)36-53(47)68-60(45)59(44)65-62-61(68)51-31-38(64(4,5)6)23-30-57(51)71-62/h7-36,66H,1-6H3. The molecular formula is C64H49BN3OS2. The normalized spacial score (nSPS) is 12.8. The smallest absolute Gasteiger partial charge is 0.211 e. The summed E-state index contributed by atoms with van der Waals surface area (Å²) in [5.74, 6) is 0. The van der Waals surface area contributed by atoms with Gasteiger partial charge in [-0.15, -0.1) is 22.7 Å². The first-order chi connectivity index (χ1) is 34.4. The van der Waals surface area contributed by atoms with Crippen LogP contribution in [-0.2, 0) is 10.8 Å². The van der Waals surface area contributed by atoms with Crippen LogP contribution in [0.15, 0.2) is 186 Å². The van der Waals surface area contributed by atoms with Crippen LogP contribution < -0.4 is 20.5 Å². The van der Waals surface area contributed by atoms with Gasteiger partial charge < -0.3 is 19.2 Å². The highest BCUT2D eigenvalue weighted by Gasteiger charge is 2.31. The minimum absolute atomic E-state index is 0.0122. The van der Waals surface area contributed by atoms with Crippen molar-refractivity contribution in [2.75, 3.05) is 10.2 Å². The molecule has 13 aromatic rings. The minimum atomic E-state index is 0.0122. The molecule has 14 rings (SSSR count). The van der Waals surface area contributed by atoms with Crippen LogP contribution in [0.2, 0.25) is 0 Å². The Kier molecular flexibility index (Phi) is 9.21. The minimum Gasteiger partial charge on any atom is -0.456 e. The Morgan fingerprint density at radius 1 is 0.479 bits per heavy atom. The molecule has 1 N–H and O–H groups in total. The van der Waals surface area contributed by atoms with Crippen molar-refractivity contribution < 1.29 is 4.42 Å². The molecule has 1 aliphatic rings. The molecule has 0 unspecified atom stereocenters. The molecule has 0 amide bonds. The fraction of sp³-hybridized carbons (Fsp3) is 0.125. The Balaban J connectivity index is 1.04. The van der Waals surface area contributed by atoms with Crippen molar-refractivity contribution in [3.8, 4) is 16.8 Å². The fourth-order valence-electron chi connectivity index (χ4n) is 11.1. The second-order valence-electron chi connectivity index (χ2n) is 21.3. The predicted octanol–water partition coefficient (Wildman–Crippen LogP) is 17.7. The average Bonchev–Trinajstić information content (AvgIpc) is 4.12. The van der Waals surface area contributed by atoms with Gasteiger partial charge in [0.1, 0.15) is 11.2 Å². The number of para-hydroxylation sites is 2. The lowest BCUT2D eigenvalue weighted by Crippen LogP contribution is -2.35. The third-order valence-electron chi connectivity index (χ3n) is 14.7. The van der Waals surface area contributed by atoms with E-state index in [4.69, 9.17) is 4.42 Å². The molecule has 341 valence electrons. The maximum atomic E-state index is 6.84. The number of benzene rings is 9. The highest BCUT2D eigenvalue weighted by Crippen LogP contribution is 2.47. The third-order valence-corrected chi connectivity index (χ3v) is 17.0. The number of nitrogens with zero attached hydrogens (tertiary/aromatic N) is 2. The molecule has 0 aliphatic carbocycles. The van der Waals surface area contributed by atoms with Crippen molar-refractivity contribution in [3.63, 3.8) is 0 Å². The summed E-state index contributed by atoms with van der Waals surface area (Å²) in [6, 6.07) is 67.0. The number of rotatable bonds is 6. The Bertz CT molecular complexity index is 4260. The van der Waals surface area contributed by atoms with Crippen LogP contribution in [-0.4, -0.2) is 11.8 Å². The zero-order valence-corrected chi connectivity index (χ0v) is 42.2. The van der Waals surface area contributed by atoms with E-state index in [-0.39, 0.29) is 10.8 Å². The number of fused-ring (bicyclic) bond motifs is 13. The van der Waals surface area contributed by atoms with Gasteiger partial charge in [0.2, 0.25) is 7.28 Å². The van der Waals surface area contributed by atoms with Gasteiger partial charge in [0.25, 0.3) is 0 Å². The van der Waals surface area contributed by atoms with Crippen LogP contribution in [0.4, 0.5) is 28.4 Å². The number of hydrogen-bond acceptors (Lipinski definition) is 5. The first kappa shape index (κ1) is 42.3. The lowest BCUT2D eigenvalue weighted by atomic mass is 9.63. The van der Waals surface area contributed by atoms with Crippen LogP contribution in [0.25, 0.3) is 90.8 Å². The summed E-state index contributed by atoms with van der Waals surface area (Å²) in [6.45, 7) is 13.7. The molecule has 0 atom stereocenters. The number of aromatic nitrogens is 1. The van der Waals surface area contributed by atoms with Crippen molar-refractivity contribution in [2.45, 2.75) is 52.4 Å². The number of hydrogen-bond donors (Lipinski definition) is 1. The predicted molar refractivity (Wildman–Crippen MR) is 309 cm³/mol. The van der Waals surface area contributed by atoms with E-state index in [1.165, 1.54) is 84.7 Å². The quantitative estimate of drug-likeness (QED) is 0.169. The lowest BCUT2D eigenvalue weighted by molar-refractivity contribution is 0.590. The van der Waals surface area contributed by atoms with Crippen molar-refractivity contribution in [1.29, 1.82) is 0 Å². The van der Waals surface area contributed by atoms with Crippen LogP contribution in [0.3, 0.4) is 0 Å². The molecule has 4 aromatic heterocycles. The first-order valence-electron chi connectivity index (χ1n) is 24.6. The van der Waals surface area contributed by atoms with Crippen LogP contribution >= 0.6 is 22.7 Å². The molecular weight excluding hydrogens is 902 g/mol. The SMILES string of the molecule is CC(C)(C)c1ccc(Nc2cc3oc4ccc(N(c5ccccc5)c5ccccc5)cc4c3cc2-c2ccc3c4cc5c(cc4n4c3c2[B]c2sc3ccc(C(C)(C)C)cc3c2-4)sc2ccccc25)cc1. The summed E-state index contributed by atoms with van der Waals surface area (Å²) in [5, 5.41) is 12.5. The Morgan fingerprint density at radius 3 is 1.92 bits per heavy atom. The molecule has 0 spiro atoms. The Labute approximate surface area is 421 Å². The molecule has 9 aromatic carbocycles. The van der Waals surface area contributed by atoms with Gasteiger partial charge in [0.15, 0.2) is 0 Å². The zero-order chi connectivity index (χ0) is 47.9. The van der Waals surface area contributed by atoms with Crippen LogP contribution in [0.5, 0.6) is 0 Å². The van der Waals surface area contributed by atoms with Crippen LogP contribution in [0, 0.1) is 0 Å².